The molecular formula is C9H12O4S. The molecule has 0 saturated heterocycles. The van der Waals surface area contributed by atoms with Crippen LogP contribution in [0.5, 0.6) is 0 Å². The quantitative estimate of drug-likeness (QED) is 0.728. The third-order valence-electron chi connectivity index (χ3n) is 2.07. The number of aryl methyl sites for hydroxylation is 2. The Morgan fingerprint density at radius 2 is 1.64 bits per heavy atom. The van der Waals surface area contributed by atoms with Crippen LogP contribution in [0.1, 0.15) is 22.1 Å². The van der Waals surface area contributed by atoms with Crippen LogP contribution < -0.4 is 0 Å². The van der Waals surface area contributed by atoms with Gasteiger partial charge in [-0.1, -0.05) is 18.2 Å². The summed E-state index contributed by atoms with van der Waals surface area (Å²) >= 11 is 0. The van der Waals surface area contributed by atoms with Crippen molar-refractivity contribution in [3.05, 3.63) is 34.9 Å². The zero-order chi connectivity index (χ0) is 10.9. The minimum Gasteiger partial charge on any atom is -0.371 e. The highest BCUT2D eigenvalue weighted by Gasteiger charge is 2.24. The average molecular weight is 216 g/mol. The van der Waals surface area contributed by atoms with E-state index >= 15 is 0 Å². The Hall–Kier alpha value is -0.910. The molecule has 0 aromatic heterocycles. The van der Waals surface area contributed by atoms with Crippen molar-refractivity contribution in [3.63, 3.8) is 0 Å². The summed E-state index contributed by atoms with van der Waals surface area (Å²) in [7, 11) is -4.45. The van der Waals surface area contributed by atoms with Gasteiger partial charge in [0.25, 0.3) is 10.1 Å². The van der Waals surface area contributed by atoms with E-state index in [1.54, 1.807) is 32.0 Å². The molecule has 0 fully saturated rings. The van der Waals surface area contributed by atoms with E-state index in [-0.39, 0.29) is 5.56 Å². The van der Waals surface area contributed by atoms with Crippen molar-refractivity contribution in [2.75, 3.05) is 0 Å². The number of hydrogen-bond donors (Lipinski definition) is 2. The zero-order valence-electron chi connectivity index (χ0n) is 7.93. The first kappa shape index (κ1) is 11.2. The number of aliphatic hydroxyl groups excluding tert-OH is 1. The van der Waals surface area contributed by atoms with Crippen LogP contribution in [0.15, 0.2) is 18.2 Å². The van der Waals surface area contributed by atoms with E-state index in [2.05, 4.69) is 0 Å². The molecule has 0 saturated carbocycles. The lowest BCUT2D eigenvalue weighted by molar-refractivity contribution is 0.237. The molecular weight excluding hydrogens is 204 g/mol. The molecule has 78 valence electrons. The van der Waals surface area contributed by atoms with E-state index < -0.39 is 15.6 Å². The molecule has 1 atom stereocenters. The van der Waals surface area contributed by atoms with Crippen molar-refractivity contribution in [1.82, 2.24) is 0 Å². The van der Waals surface area contributed by atoms with E-state index in [1.165, 1.54) is 0 Å². The third-order valence-corrected chi connectivity index (χ3v) is 2.87. The van der Waals surface area contributed by atoms with Crippen LogP contribution in [0, 0.1) is 13.8 Å². The second kappa shape index (κ2) is 3.68. The molecule has 2 N–H and O–H groups in total. The molecule has 0 aliphatic heterocycles. The van der Waals surface area contributed by atoms with Crippen LogP contribution in [0.25, 0.3) is 0 Å². The molecule has 4 nitrogen and oxygen atoms in total. The van der Waals surface area contributed by atoms with Gasteiger partial charge < -0.3 is 5.11 Å². The average Bonchev–Trinajstić information content (AvgIpc) is 2.01. The highest BCUT2D eigenvalue weighted by Crippen LogP contribution is 2.25. The molecule has 0 amide bonds. The maximum absolute atomic E-state index is 10.7. The van der Waals surface area contributed by atoms with Gasteiger partial charge in [0.05, 0.1) is 0 Å². The molecule has 5 heteroatoms. The molecule has 0 aliphatic carbocycles. The fraction of sp³-hybridized carbons (Fsp3) is 0.333. The third kappa shape index (κ3) is 2.12. The van der Waals surface area contributed by atoms with Crippen LogP contribution in [0.4, 0.5) is 0 Å². The largest absolute Gasteiger partial charge is 0.371 e. The van der Waals surface area contributed by atoms with Crippen molar-refractivity contribution in [2.24, 2.45) is 0 Å². The van der Waals surface area contributed by atoms with Gasteiger partial charge in [0.15, 0.2) is 0 Å². The summed E-state index contributed by atoms with van der Waals surface area (Å²) in [5.41, 5.74) is -0.344. The van der Waals surface area contributed by atoms with Gasteiger partial charge in [-0.05, 0) is 25.0 Å². The summed E-state index contributed by atoms with van der Waals surface area (Å²) in [5, 5.41) is 9.38. The summed E-state index contributed by atoms with van der Waals surface area (Å²) in [6.07, 6.45) is 0. The predicted octanol–water partition coefficient (Wildman–Crippen LogP) is 1.18. The van der Waals surface area contributed by atoms with Crippen molar-refractivity contribution in [3.8, 4) is 0 Å². The SMILES string of the molecule is Cc1cccc(C)c1C(O)S(=O)(=O)O. The topological polar surface area (TPSA) is 74.6 Å². The summed E-state index contributed by atoms with van der Waals surface area (Å²) < 4.78 is 30.2. The second-order valence-electron chi connectivity index (χ2n) is 3.17. The van der Waals surface area contributed by atoms with Crippen LogP contribution in [-0.4, -0.2) is 18.1 Å². The lowest BCUT2D eigenvalue weighted by atomic mass is 10.0. The van der Waals surface area contributed by atoms with Gasteiger partial charge in [0, 0.05) is 5.56 Å². The Kier molecular flexibility index (Phi) is 2.94. The van der Waals surface area contributed by atoms with E-state index in [0.717, 1.165) is 0 Å². The number of rotatable bonds is 2. The van der Waals surface area contributed by atoms with Crippen molar-refractivity contribution in [1.29, 1.82) is 0 Å². The van der Waals surface area contributed by atoms with Gasteiger partial charge in [0.2, 0.25) is 5.44 Å². The van der Waals surface area contributed by atoms with Crippen LogP contribution in [-0.2, 0) is 10.1 Å². The maximum atomic E-state index is 10.7. The van der Waals surface area contributed by atoms with Gasteiger partial charge in [-0.15, -0.1) is 0 Å². The van der Waals surface area contributed by atoms with Crippen LogP contribution >= 0.6 is 0 Å². The van der Waals surface area contributed by atoms with E-state index in [0.29, 0.717) is 11.1 Å². The second-order valence-corrected chi connectivity index (χ2v) is 4.65. The Morgan fingerprint density at radius 1 is 1.21 bits per heavy atom. The minimum absolute atomic E-state index is 0.245. The van der Waals surface area contributed by atoms with E-state index in [1.807, 2.05) is 0 Å². The fourth-order valence-corrected chi connectivity index (χ4v) is 2.04. The van der Waals surface area contributed by atoms with Gasteiger partial charge in [-0.2, -0.15) is 8.42 Å². The predicted molar refractivity (Wildman–Crippen MR) is 52.4 cm³/mol. The van der Waals surface area contributed by atoms with Gasteiger partial charge in [-0.25, -0.2) is 0 Å². The van der Waals surface area contributed by atoms with Gasteiger partial charge in [0.1, 0.15) is 0 Å². The Morgan fingerprint density at radius 3 is 2.00 bits per heavy atom. The fourth-order valence-electron chi connectivity index (χ4n) is 1.37. The Balaban J connectivity index is 3.33. The summed E-state index contributed by atoms with van der Waals surface area (Å²) in [5.74, 6) is 0. The Labute approximate surface area is 82.9 Å². The normalized spacial score (nSPS) is 14.0. The highest BCUT2D eigenvalue weighted by atomic mass is 32.2. The summed E-state index contributed by atoms with van der Waals surface area (Å²) in [6, 6.07) is 5.11. The van der Waals surface area contributed by atoms with E-state index in [4.69, 9.17) is 4.55 Å². The lowest BCUT2D eigenvalue weighted by Crippen LogP contribution is -2.13. The molecule has 1 unspecified atom stereocenters. The molecule has 1 aromatic rings. The maximum Gasteiger partial charge on any atom is 0.296 e. The van der Waals surface area contributed by atoms with Gasteiger partial charge >= 0.3 is 0 Å². The van der Waals surface area contributed by atoms with E-state index in [9.17, 15) is 13.5 Å². The number of benzene rings is 1. The first-order valence-corrected chi connectivity index (χ1v) is 5.55. The van der Waals surface area contributed by atoms with Crippen molar-refractivity contribution >= 4 is 10.1 Å². The van der Waals surface area contributed by atoms with Gasteiger partial charge in [-0.3, -0.25) is 4.55 Å². The molecule has 14 heavy (non-hydrogen) atoms. The smallest absolute Gasteiger partial charge is 0.296 e. The molecule has 0 heterocycles. The highest BCUT2D eigenvalue weighted by molar-refractivity contribution is 7.85. The molecule has 0 spiro atoms. The number of aliphatic hydroxyl groups is 1. The van der Waals surface area contributed by atoms with Crippen molar-refractivity contribution < 1.29 is 18.1 Å². The summed E-state index contributed by atoms with van der Waals surface area (Å²) in [4.78, 5) is 0. The molecule has 1 rings (SSSR count). The molecule has 0 aliphatic rings. The first-order valence-electron chi connectivity index (χ1n) is 4.04. The molecule has 1 aromatic carbocycles. The minimum atomic E-state index is -4.45. The standard InChI is InChI=1S/C9H12O4S/c1-6-4-3-5-7(2)8(6)9(10)14(11,12)13/h3-5,9-10H,1-2H3,(H,11,12,13). The number of hydrogen-bond acceptors (Lipinski definition) is 3. The monoisotopic (exact) mass is 216 g/mol. The van der Waals surface area contributed by atoms with Crippen LogP contribution in [0.2, 0.25) is 0 Å². The zero-order valence-corrected chi connectivity index (χ0v) is 8.75. The first-order chi connectivity index (χ1) is 6.34. The van der Waals surface area contributed by atoms with Crippen molar-refractivity contribution in [2.45, 2.75) is 19.3 Å². The van der Waals surface area contributed by atoms with Crippen LogP contribution in [0.3, 0.4) is 0 Å². The molecule has 0 radical (unpaired) electrons. The molecule has 0 bridgehead atoms. The lowest BCUT2D eigenvalue weighted by Gasteiger charge is -2.13. The Bertz CT molecular complexity index is 416. The summed E-state index contributed by atoms with van der Waals surface area (Å²) in [6.45, 7) is 3.35.